The number of H-pyrrole nitrogens is 1. The summed E-state index contributed by atoms with van der Waals surface area (Å²) < 4.78 is 45.4. The number of carbonyl (C=O) groups is 2. The van der Waals surface area contributed by atoms with Crippen molar-refractivity contribution in [2.24, 2.45) is 0 Å². The van der Waals surface area contributed by atoms with Gasteiger partial charge in [0.05, 0.1) is 11.3 Å². The number of benzene rings is 2. The molecule has 0 radical (unpaired) electrons. The average molecular weight is 538 g/mol. The molecular weight excluding hydrogens is 511 g/mol. The van der Waals surface area contributed by atoms with Crippen LogP contribution in [0, 0.1) is 0 Å². The van der Waals surface area contributed by atoms with Crippen LogP contribution in [0.15, 0.2) is 65.3 Å². The van der Waals surface area contributed by atoms with Crippen LogP contribution in [0.2, 0.25) is 0 Å². The number of aryl methyl sites for hydroxylation is 1. The normalized spacial score (nSPS) is 14.4. The molecule has 0 unspecified atom stereocenters. The molecule has 0 atom stereocenters. The van der Waals surface area contributed by atoms with Crippen LogP contribution in [0.1, 0.15) is 63.7 Å². The molecule has 1 saturated heterocycles. The number of oxazole rings is 1. The van der Waals surface area contributed by atoms with E-state index < -0.39 is 11.7 Å². The Morgan fingerprint density at radius 1 is 1.10 bits per heavy atom. The topological polar surface area (TPSA) is 104 Å². The molecule has 2 aromatic heterocycles. The number of alkyl halides is 3. The molecule has 3 heterocycles. The fourth-order valence-corrected chi connectivity index (χ4v) is 4.72. The highest BCUT2D eigenvalue weighted by Gasteiger charge is 2.34. The molecule has 0 saturated carbocycles. The fraction of sp³-hybridized carbons (Fsp3) is 0.286. The summed E-state index contributed by atoms with van der Waals surface area (Å²) in [5, 5.41) is 9.39. The fourth-order valence-electron chi connectivity index (χ4n) is 4.72. The van der Waals surface area contributed by atoms with Crippen LogP contribution in [-0.2, 0) is 12.6 Å². The van der Waals surface area contributed by atoms with Gasteiger partial charge in [0.15, 0.2) is 11.6 Å². The molecule has 5 rings (SSSR count). The third kappa shape index (κ3) is 5.71. The molecular formula is C28H26F3N5O3. The Morgan fingerprint density at radius 2 is 1.82 bits per heavy atom. The van der Waals surface area contributed by atoms with Gasteiger partial charge in [-0.25, -0.2) is 4.98 Å². The third-order valence-corrected chi connectivity index (χ3v) is 6.83. The van der Waals surface area contributed by atoms with E-state index in [2.05, 4.69) is 20.5 Å². The van der Waals surface area contributed by atoms with Gasteiger partial charge in [0.2, 0.25) is 0 Å². The summed E-state index contributed by atoms with van der Waals surface area (Å²) in [6.07, 6.45) is -1.13. The van der Waals surface area contributed by atoms with Crippen molar-refractivity contribution < 1.29 is 27.2 Å². The first kappa shape index (κ1) is 26.2. The summed E-state index contributed by atoms with van der Waals surface area (Å²) in [5.41, 5.74) is 1.31. The predicted molar refractivity (Wildman–Crippen MR) is 137 cm³/mol. The number of anilines is 1. The summed E-state index contributed by atoms with van der Waals surface area (Å²) in [6, 6.07) is 14.1. The van der Waals surface area contributed by atoms with Crippen molar-refractivity contribution in [3.8, 4) is 11.3 Å². The van der Waals surface area contributed by atoms with Gasteiger partial charge in [-0.05, 0) is 48.6 Å². The average Bonchev–Trinajstić information content (AvgIpc) is 3.63. The van der Waals surface area contributed by atoms with Crippen molar-refractivity contribution in [1.29, 1.82) is 0 Å². The molecule has 1 aliphatic rings. The number of amides is 2. The first-order valence-electron chi connectivity index (χ1n) is 12.6. The van der Waals surface area contributed by atoms with Gasteiger partial charge in [0.1, 0.15) is 12.0 Å². The molecule has 2 aromatic carbocycles. The molecule has 2 N–H and O–H groups in total. The molecule has 1 fully saturated rings. The number of hydrogen-bond acceptors (Lipinski definition) is 5. The highest BCUT2D eigenvalue weighted by molar-refractivity contribution is 6.02. The lowest BCUT2D eigenvalue weighted by molar-refractivity contribution is -0.137. The number of aromatic nitrogens is 3. The maximum atomic E-state index is 13.4. The Labute approximate surface area is 222 Å². The van der Waals surface area contributed by atoms with E-state index >= 15 is 0 Å². The van der Waals surface area contributed by atoms with Gasteiger partial charge in [-0.3, -0.25) is 14.7 Å². The first-order valence-corrected chi connectivity index (χ1v) is 12.6. The smallest absolute Gasteiger partial charge is 0.417 e. The summed E-state index contributed by atoms with van der Waals surface area (Å²) in [7, 11) is 0. The second-order valence-electron chi connectivity index (χ2n) is 9.33. The molecule has 0 spiro atoms. The number of aromatic amines is 1. The van der Waals surface area contributed by atoms with E-state index in [9.17, 15) is 22.8 Å². The number of nitrogens with one attached hydrogen (secondary N) is 2. The van der Waals surface area contributed by atoms with Crippen LogP contribution in [-0.4, -0.2) is 45.0 Å². The van der Waals surface area contributed by atoms with E-state index in [4.69, 9.17) is 4.42 Å². The van der Waals surface area contributed by atoms with Crippen LogP contribution in [0.25, 0.3) is 11.3 Å². The molecule has 1 aliphatic heterocycles. The maximum absolute atomic E-state index is 13.4. The van der Waals surface area contributed by atoms with Crippen LogP contribution in [0.4, 0.5) is 18.9 Å². The van der Waals surface area contributed by atoms with E-state index in [0.717, 1.165) is 24.5 Å². The minimum atomic E-state index is -4.53. The van der Waals surface area contributed by atoms with Crippen molar-refractivity contribution in [3.05, 3.63) is 89.3 Å². The Bertz CT molecular complexity index is 1470. The SMILES string of the molecule is CCc1nc(C(=O)Nc2ccc(C3CCN(C(=O)c4cc(-c5ccccc5C(F)(F)F)n[nH]4)CC3)cc2)co1. The van der Waals surface area contributed by atoms with Crippen molar-refractivity contribution in [2.75, 3.05) is 18.4 Å². The predicted octanol–water partition coefficient (Wildman–Crippen LogP) is 5.92. The molecule has 2 amide bonds. The van der Waals surface area contributed by atoms with Gasteiger partial charge in [-0.2, -0.15) is 18.3 Å². The minimum absolute atomic E-state index is 0.0719. The Morgan fingerprint density at radius 3 is 2.49 bits per heavy atom. The van der Waals surface area contributed by atoms with E-state index in [0.29, 0.717) is 31.1 Å². The molecule has 202 valence electrons. The summed E-state index contributed by atoms with van der Waals surface area (Å²) in [6.45, 7) is 2.89. The summed E-state index contributed by atoms with van der Waals surface area (Å²) in [5.74, 6) is 0.0910. The standard InChI is InChI=1S/C28H26F3N5O3/c1-2-25-33-24(16-39-25)26(37)32-19-9-7-17(8-10-19)18-11-13-36(14-12-18)27(38)23-15-22(34-35-23)20-5-3-4-6-21(20)28(29,30)31/h3-10,15-16,18H,2,11-14H2,1H3,(H,32,37)(H,34,35). The molecule has 8 nitrogen and oxygen atoms in total. The zero-order chi connectivity index (χ0) is 27.6. The van der Waals surface area contributed by atoms with Crippen molar-refractivity contribution in [2.45, 2.75) is 38.3 Å². The van der Waals surface area contributed by atoms with Crippen molar-refractivity contribution in [1.82, 2.24) is 20.1 Å². The van der Waals surface area contributed by atoms with E-state index in [1.165, 1.54) is 30.5 Å². The van der Waals surface area contributed by atoms with E-state index in [1.807, 2.05) is 31.2 Å². The molecule has 11 heteroatoms. The van der Waals surface area contributed by atoms with E-state index in [-0.39, 0.29) is 40.4 Å². The Balaban J connectivity index is 1.18. The van der Waals surface area contributed by atoms with Gasteiger partial charge in [-0.15, -0.1) is 0 Å². The van der Waals surface area contributed by atoms with Gasteiger partial charge < -0.3 is 14.6 Å². The van der Waals surface area contributed by atoms with Crippen LogP contribution >= 0.6 is 0 Å². The molecule has 0 bridgehead atoms. The monoisotopic (exact) mass is 537 g/mol. The largest absolute Gasteiger partial charge is 0.448 e. The van der Waals surface area contributed by atoms with E-state index in [1.54, 1.807) is 4.90 Å². The second kappa shape index (κ2) is 10.8. The molecule has 39 heavy (non-hydrogen) atoms. The van der Waals surface area contributed by atoms with Crippen molar-refractivity contribution in [3.63, 3.8) is 0 Å². The van der Waals surface area contributed by atoms with Gasteiger partial charge in [0.25, 0.3) is 11.8 Å². The lowest BCUT2D eigenvalue weighted by atomic mass is 9.89. The third-order valence-electron chi connectivity index (χ3n) is 6.83. The van der Waals surface area contributed by atoms with Gasteiger partial charge in [0, 0.05) is 30.8 Å². The van der Waals surface area contributed by atoms with Crippen molar-refractivity contribution >= 4 is 17.5 Å². The van der Waals surface area contributed by atoms with Gasteiger partial charge >= 0.3 is 6.18 Å². The van der Waals surface area contributed by atoms with Crippen LogP contribution in [0.5, 0.6) is 0 Å². The number of nitrogens with zero attached hydrogens (tertiary/aromatic N) is 3. The number of likely N-dealkylation sites (tertiary alicyclic amines) is 1. The first-order chi connectivity index (χ1) is 18.7. The lowest BCUT2D eigenvalue weighted by Gasteiger charge is -2.32. The zero-order valence-corrected chi connectivity index (χ0v) is 21.1. The number of piperidine rings is 1. The summed E-state index contributed by atoms with van der Waals surface area (Å²) >= 11 is 0. The number of carbonyl (C=O) groups excluding carboxylic acids is 2. The summed E-state index contributed by atoms with van der Waals surface area (Å²) in [4.78, 5) is 31.2. The highest BCUT2D eigenvalue weighted by atomic mass is 19.4. The minimum Gasteiger partial charge on any atom is -0.448 e. The highest BCUT2D eigenvalue weighted by Crippen LogP contribution is 2.36. The van der Waals surface area contributed by atoms with Crippen LogP contribution < -0.4 is 5.32 Å². The maximum Gasteiger partial charge on any atom is 0.417 e. The Hall–Kier alpha value is -4.41. The zero-order valence-electron chi connectivity index (χ0n) is 21.1. The quantitative estimate of drug-likeness (QED) is 0.318. The number of rotatable bonds is 6. The lowest BCUT2D eigenvalue weighted by Crippen LogP contribution is -2.38. The number of hydrogen-bond donors (Lipinski definition) is 2. The van der Waals surface area contributed by atoms with Crippen LogP contribution in [0.3, 0.4) is 0 Å². The second-order valence-corrected chi connectivity index (χ2v) is 9.33. The van der Waals surface area contributed by atoms with Gasteiger partial charge in [-0.1, -0.05) is 37.3 Å². The number of halogens is 3. The molecule has 4 aromatic rings. The molecule has 0 aliphatic carbocycles. The Kier molecular flexibility index (Phi) is 7.23.